The zero-order valence-corrected chi connectivity index (χ0v) is 15.2. The minimum atomic E-state index is -0.393. The van der Waals surface area contributed by atoms with Gasteiger partial charge in [0.15, 0.2) is 5.69 Å². The van der Waals surface area contributed by atoms with Crippen molar-refractivity contribution >= 4 is 5.97 Å². The van der Waals surface area contributed by atoms with Crippen LogP contribution in [0.1, 0.15) is 33.7 Å². The summed E-state index contributed by atoms with van der Waals surface area (Å²) in [6.07, 6.45) is 6.12. The first kappa shape index (κ1) is 17.3. The third kappa shape index (κ3) is 3.56. The number of para-hydroxylation sites is 1. The number of benzene rings is 1. The normalized spacial score (nSPS) is 12.6. The molecule has 0 spiro atoms. The van der Waals surface area contributed by atoms with E-state index in [1.807, 2.05) is 41.9 Å². The van der Waals surface area contributed by atoms with Gasteiger partial charge in [-0.2, -0.15) is 5.10 Å². The van der Waals surface area contributed by atoms with E-state index in [1.54, 1.807) is 18.5 Å². The highest BCUT2D eigenvalue weighted by molar-refractivity contribution is 5.89. The fourth-order valence-corrected chi connectivity index (χ4v) is 3.40. The van der Waals surface area contributed by atoms with Crippen molar-refractivity contribution < 1.29 is 14.3 Å². The van der Waals surface area contributed by atoms with E-state index in [2.05, 4.69) is 10.1 Å². The quantitative estimate of drug-likeness (QED) is 0.497. The highest BCUT2D eigenvalue weighted by Gasteiger charge is 2.28. The molecule has 0 saturated carbocycles. The fraction of sp³-hybridized carbons (Fsp3) is 0.286. The first-order valence-electron chi connectivity index (χ1n) is 9.11. The number of aryl methyl sites for hydroxylation is 1. The summed E-state index contributed by atoms with van der Waals surface area (Å²) in [6, 6.07) is 11.7. The molecule has 3 aromatic rings. The zero-order valence-electron chi connectivity index (χ0n) is 15.2. The molecular weight excluding hydrogens is 342 g/mol. The number of hydrogen-bond donors (Lipinski definition) is 0. The highest BCUT2D eigenvalue weighted by atomic mass is 16.6. The lowest BCUT2D eigenvalue weighted by Gasteiger charge is -2.08. The second-order valence-corrected chi connectivity index (χ2v) is 6.50. The van der Waals surface area contributed by atoms with Crippen LogP contribution in [0.4, 0.5) is 0 Å². The first-order valence-corrected chi connectivity index (χ1v) is 9.11. The summed E-state index contributed by atoms with van der Waals surface area (Å²) in [4.78, 5) is 16.6. The van der Waals surface area contributed by atoms with Crippen LogP contribution in [-0.4, -0.2) is 33.9 Å². The molecule has 27 heavy (non-hydrogen) atoms. The van der Waals surface area contributed by atoms with Gasteiger partial charge < -0.3 is 9.47 Å². The van der Waals surface area contributed by atoms with Gasteiger partial charge >= 0.3 is 5.97 Å². The maximum Gasteiger partial charge on any atom is 0.359 e. The van der Waals surface area contributed by atoms with Crippen molar-refractivity contribution in [1.29, 1.82) is 0 Å². The van der Waals surface area contributed by atoms with Crippen LogP contribution < -0.4 is 4.74 Å². The summed E-state index contributed by atoms with van der Waals surface area (Å²) >= 11 is 0. The van der Waals surface area contributed by atoms with Crippen molar-refractivity contribution in [3.8, 4) is 11.4 Å². The Morgan fingerprint density at radius 1 is 1.15 bits per heavy atom. The number of carbonyl (C=O) groups is 1. The van der Waals surface area contributed by atoms with Crippen LogP contribution >= 0.6 is 0 Å². The second kappa shape index (κ2) is 7.61. The molecule has 0 bridgehead atoms. The third-order valence-electron chi connectivity index (χ3n) is 4.69. The molecule has 0 fully saturated rings. The van der Waals surface area contributed by atoms with E-state index in [-0.39, 0.29) is 13.2 Å². The molecule has 2 heterocycles. The van der Waals surface area contributed by atoms with Gasteiger partial charge in [-0.25, -0.2) is 9.48 Å². The average Bonchev–Trinajstić information content (AvgIpc) is 3.29. The van der Waals surface area contributed by atoms with Gasteiger partial charge in [-0.05, 0) is 49.9 Å². The van der Waals surface area contributed by atoms with E-state index in [0.717, 1.165) is 41.8 Å². The molecule has 1 aromatic carbocycles. The number of fused-ring (bicyclic) bond motifs is 1. The Balaban J connectivity index is 1.46. The van der Waals surface area contributed by atoms with Crippen LogP contribution in [0.15, 0.2) is 48.8 Å². The Bertz CT molecular complexity index is 951. The van der Waals surface area contributed by atoms with E-state index in [0.29, 0.717) is 11.4 Å². The van der Waals surface area contributed by atoms with Gasteiger partial charge in [0, 0.05) is 17.5 Å². The molecule has 138 valence electrons. The fourth-order valence-electron chi connectivity index (χ4n) is 3.40. The van der Waals surface area contributed by atoms with Crippen LogP contribution in [0.3, 0.4) is 0 Å². The third-order valence-corrected chi connectivity index (χ3v) is 4.69. The summed E-state index contributed by atoms with van der Waals surface area (Å²) < 4.78 is 12.8. The summed E-state index contributed by atoms with van der Waals surface area (Å²) in [6.45, 7) is 2.49. The number of aromatic nitrogens is 3. The molecule has 0 unspecified atom stereocenters. The number of ether oxygens (including phenoxy) is 2. The van der Waals surface area contributed by atoms with Gasteiger partial charge in [-0.3, -0.25) is 4.98 Å². The Morgan fingerprint density at radius 2 is 2.04 bits per heavy atom. The summed E-state index contributed by atoms with van der Waals surface area (Å²) in [5.41, 5.74) is 4.68. The average molecular weight is 363 g/mol. The lowest BCUT2D eigenvalue weighted by atomic mass is 10.2. The minimum absolute atomic E-state index is 0.166. The Hall–Kier alpha value is -3.15. The number of esters is 1. The van der Waals surface area contributed by atoms with Gasteiger partial charge in [0.2, 0.25) is 0 Å². The molecule has 0 amide bonds. The zero-order chi connectivity index (χ0) is 18.6. The molecular formula is C21H21N3O3. The van der Waals surface area contributed by atoms with E-state index in [1.165, 1.54) is 0 Å². The van der Waals surface area contributed by atoms with Crippen LogP contribution in [0.5, 0.6) is 5.75 Å². The minimum Gasteiger partial charge on any atom is -0.488 e. The summed E-state index contributed by atoms with van der Waals surface area (Å²) in [7, 11) is 0. The molecule has 4 rings (SSSR count). The number of nitrogens with zero attached hydrogens (tertiary/aromatic N) is 3. The largest absolute Gasteiger partial charge is 0.488 e. The maximum atomic E-state index is 12.6. The molecule has 1 aliphatic rings. The van der Waals surface area contributed by atoms with E-state index >= 15 is 0 Å². The van der Waals surface area contributed by atoms with Gasteiger partial charge in [0.05, 0.1) is 11.9 Å². The smallest absolute Gasteiger partial charge is 0.359 e. The molecule has 0 atom stereocenters. The number of hydrogen-bond acceptors (Lipinski definition) is 5. The van der Waals surface area contributed by atoms with Crippen molar-refractivity contribution in [3.05, 3.63) is 71.3 Å². The van der Waals surface area contributed by atoms with Crippen molar-refractivity contribution in [2.24, 2.45) is 0 Å². The molecule has 6 nitrogen and oxygen atoms in total. The van der Waals surface area contributed by atoms with Crippen molar-refractivity contribution in [1.82, 2.24) is 14.8 Å². The van der Waals surface area contributed by atoms with Crippen LogP contribution in [0, 0.1) is 6.92 Å². The van der Waals surface area contributed by atoms with E-state index < -0.39 is 5.97 Å². The van der Waals surface area contributed by atoms with Crippen LogP contribution in [0.2, 0.25) is 0 Å². The lowest BCUT2D eigenvalue weighted by molar-refractivity contribution is 0.0441. The second-order valence-electron chi connectivity index (χ2n) is 6.50. The van der Waals surface area contributed by atoms with Crippen LogP contribution in [0.25, 0.3) is 5.69 Å². The summed E-state index contributed by atoms with van der Waals surface area (Å²) in [5, 5.41) is 4.59. The predicted molar refractivity (Wildman–Crippen MR) is 100 cm³/mol. The molecule has 2 aromatic heterocycles. The molecule has 6 heteroatoms. The van der Waals surface area contributed by atoms with E-state index in [9.17, 15) is 4.79 Å². The molecule has 1 aliphatic carbocycles. The Morgan fingerprint density at radius 3 is 2.85 bits per heavy atom. The standard InChI is InChI=1S/C21H21N3O3/c1-15-6-2-3-9-18(15)24-19-10-4-8-17(19)20(23-24)21(25)27-13-12-26-16-7-5-11-22-14-16/h2-3,5-7,9,11,14H,4,8,10,12-13H2,1H3. The highest BCUT2D eigenvalue weighted by Crippen LogP contribution is 2.29. The predicted octanol–water partition coefficient (Wildman–Crippen LogP) is 3.30. The van der Waals surface area contributed by atoms with Gasteiger partial charge in [0.1, 0.15) is 19.0 Å². The topological polar surface area (TPSA) is 66.2 Å². The number of pyridine rings is 1. The van der Waals surface area contributed by atoms with E-state index in [4.69, 9.17) is 9.47 Å². The van der Waals surface area contributed by atoms with Crippen LogP contribution in [-0.2, 0) is 17.6 Å². The first-order chi connectivity index (χ1) is 13.2. The van der Waals surface area contributed by atoms with Crippen molar-refractivity contribution in [2.75, 3.05) is 13.2 Å². The van der Waals surface area contributed by atoms with Crippen molar-refractivity contribution in [2.45, 2.75) is 26.2 Å². The SMILES string of the molecule is Cc1ccccc1-n1nc(C(=O)OCCOc2cccnc2)c2c1CCC2. The van der Waals surface area contributed by atoms with Gasteiger partial charge in [-0.1, -0.05) is 18.2 Å². The lowest BCUT2D eigenvalue weighted by Crippen LogP contribution is -2.14. The molecule has 0 saturated heterocycles. The molecule has 0 aliphatic heterocycles. The monoisotopic (exact) mass is 363 g/mol. The van der Waals surface area contributed by atoms with Crippen molar-refractivity contribution in [3.63, 3.8) is 0 Å². The summed E-state index contributed by atoms with van der Waals surface area (Å²) in [5.74, 6) is 0.258. The molecule has 0 N–H and O–H groups in total. The van der Waals surface area contributed by atoms with Gasteiger partial charge in [-0.15, -0.1) is 0 Å². The Kier molecular flexibility index (Phi) is 4.87. The van der Waals surface area contributed by atoms with Gasteiger partial charge in [0.25, 0.3) is 0 Å². The number of carbonyl (C=O) groups excluding carboxylic acids is 1. The maximum absolute atomic E-state index is 12.6. The molecule has 0 radical (unpaired) electrons. The number of rotatable bonds is 6. The Labute approximate surface area is 157 Å².